The quantitative estimate of drug-likeness (QED) is 0.671. The van der Waals surface area contributed by atoms with Crippen molar-refractivity contribution >= 4 is 22.7 Å². The molecule has 1 heterocycles. The topological polar surface area (TPSA) is 53.2 Å². The molecule has 0 radical (unpaired) electrons. The number of anilines is 2. The Bertz CT molecular complexity index is 736. The van der Waals surface area contributed by atoms with E-state index in [2.05, 4.69) is 35.4 Å². The standard InChI is InChI=1S/C17H19N3O.C2H6/c1-8-14-11-3-4-12-15(19-20-18-12)13(11)9(2)17(14)6-5-10(7-17)16(8)21;1-2/h3-4,9-10,18-20H,5-7H2,1-2H3;1-2H3. The summed E-state index contributed by atoms with van der Waals surface area (Å²) in [7, 11) is 0. The van der Waals surface area contributed by atoms with Crippen LogP contribution in [0.15, 0.2) is 17.7 Å². The van der Waals surface area contributed by atoms with E-state index in [4.69, 9.17) is 0 Å². The summed E-state index contributed by atoms with van der Waals surface area (Å²) in [4.78, 5) is 12.6. The number of carbonyl (C=O) groups excluding carboxylic acids is 1. The molecular weight excluding hydrogens is 286 g/mol. The highest BCUT2D eigenvalue weighted by molar-refractivity contribution is 6.09. The van der Waals surface area contributed by atoms with Gasteiger partial charge in [-0.3, -0.25) is 4.79 Å². The highest BCUT2D eigenvalue weighted by Gasteiger charge is 2.57. The molecule has 1 aromatic rings. The lowest BCUT2D eigenvalue weighted by atomic mass is 9.67. The fraction of sp³-hybridized carbons (Fsp3) is 0.526. The van der Waals surface area contributed by atoms with Crippen LogP contribution >= 0.6 is 0 Å². The van der Waals surface area contributed by atoms with E-state index in [9.17, 15) is 4.79 Å². The van der Waals surface area contributed by atoms with Crippen molar-refractivity contribution in [3.8, 4) is 0 Å². The van der Waals surface area contributed by atoms with Gasteiger partial charge < -0.3 is 10.9 Å². The van der Waals surface area contributed by atoms with Gasteiger partial charge in [-0.25, -0.2) is 0 Å². The Morgan fingerprint density at radius 2 is 2.00 bits per heavy atom. The highest BCUT2D eigenvalue weighted by Crippen LogP contribution is 2.68. The Kier molecular flexibility index (Phi) is 3.11. The van der Waals surface area contributed by atoms with Gasteiger partial charge >= 0.3 is 0 Å². The monoisotopic (exact) mass is 311 g/mol. The first-order chi connectivity index (χ1) is 11.1. The van der Waals surface area contributed by atoms with E-state index in [0.29, 0.717) is 11.7 Å². The van der Waals surface area contributed by atoms with Crippen LogP contribution in [0, 0.1) is 11.3 Å². The molecule has 4 aliphatic rings. The summed E-state index contributed by atoms with van der Waals surface area (Å²) in [6.45, 7) is 8.39. The summed E-state index contributed by atoms with van der Waals surface area (Å²) in [5.74, 6) is 1.13. The first kappa shape index (κ1) is 14.8. The summed E-state index contributed by atoms with van der Waals surface area (Å²) in [5, 5.41) is 0. The number of allylic oxidation sites excluding steroid dienone is 2. The van der Waals surface area contributed by atoms with Crippen molar-refractivity contribution in [2.24, 2.45) is 11.3 Å². The number of hydrazine groups is 2. The van der Waals surface area contributed by atoms with Gasteiger partial charge in [0.25, 0.3) is 0 Å². The van der Waals surface area contributed by atoms with Crippen molar-refractivity contribution in [3.05, 3.63) is 28.8 Å². The summed E-state index contributed by atoms with van der Waals surface area (Å²) >= 11 is 0. The van der Waals surface area contributed by atoms with E-state index in [1.165, 1.54) is 22.4 Å². The van der Waals surface area contributed by atoms with E-state index < -0.39 is 0 Å². The average Bonchev–Trinajstić information content (AvgIpc) is 3.25. The number of benzene rings is 1. The molecule has 2 bridgehead atoms. The van der Waals surface area contributed by atoms with Gasteiger partial charge in [-0.1, -0.05) is 26.8 Å². The number of rotatable bonds is 0. The Balaban J connectivity index is 0.000000652. The van der Waals surface area contributed by atoms with E-state index >= 15 is 0 Å². The lowest BCUT2D eigenvalue weighted by molar-refractivity contribution is -0.119. The molecule has 1 fully saturated rings. The van der Waals surface area contributed by atoms with E-state index in [0.717, 1.165) is 30.5 Å². The molecule has 4 nitrogen and oxygen atoms in total. The SMILES string of the molecule is CC.CC1=C2c3ccc4c(c3C(C)C23CCC(C3)C1=O)NNN4. The second-order valence-electron chi connectivity index (χ2n) is 7.01. The van der Waals surface area contributed by atoms with Crippen molar-refractivity contribution in [1.82, 2.24) is 5.53 Å². The molecule has 122 valence electrons. The summed E-state index contributed by atoms with van der Waals surface area (Å²) < 4.78 is 0. The minimum absolute atomic E-state index is 0.199. The fourth-order valence-corrected chi connectivity index (χ4v) is 5.37. The van der Waals surface area contributed by atoms with E-state index in [1.807, 2.05) is 20.8 Å². The maximum atomic E-state index is 12.6. The van der Waals surface area contributed by atoms with Gasteiger partial charge in [-0.2, -0.15) is 0 Å². The number of hydrogen-bond donors (Lipinski definition) is 3. The maximum Gasteiger partial charge on any atom is 0.161 e. The van der Waals surface area contributed by atoms with Gasteiger partial charge in [0.15, 0.2) is 5.78 Å². The van der Waals surface area contributed by atoms with Gasteiger partial charge in [0, 0.05) is 11.3 Å². The van der Waals surface area contributed by atoms with Crippen molar-refractivity contribution in [1.29, 1.82) is 0 Å². The van der Waals surface area contributed by atoms with E-state index in [1.54, 1.807) is 0 Å². The first-order valence-corrected chi connectivity index (χ1v) is 8.83. The predicted molar refractivity (Wildman–Crippen MR) is 94.0 cm³/mol. The summed E-state index contributed by atoms with van der Waals surface area (Å²) in [5.41, 5.74) is 16.9. The van der Waals surface area contributed by atoms with Crippen molar-refractivity contribution < 1.29 is 4.79 Å². The summed E-state index contributed by atoms with van der Waals surface area (Å²) in [6, 6.07) is 4.31. The zero-order valence-electron chi connectivity index (χ0n) is 14.3. The van der Waals surface area contributed by atoms with Crippen LogP contribution in [0.2, 0.25) is 0 Å². The Morgan fingerprint density at radius 3 is 2.78 bits per heavy atom. The third kappa shape index (κ3) is 1.62. The molecular formula is C19H25N3O. The lowest BCUT2D eigenvalue weighted by Crippen LogP contribution is -2.28. The normalized spacial score (nSPS) is 32.4. The molecule has 0 amide bonds. The molecule has 3 N–H and O–H groups in total. The Morgan fingerprint density at radius 1 is 1.22 bits per heavy atom. The first-order valence-electron chi connectivity index (χ1n) is 8.83. The van der Waals surface area contributed by atoms with Gasteiger partial charge in [0.1, 0.15) is 0 Å². The smallest absolute Gasteiger partial charge is 0.161 e. The number of carbonyl (C=O) groups is 1. The highest BCUT2D eigenvalue weighted by atomic mass is 16.1. The van der Waals surface area contributed by atoms with Crippen molar-refractivity contribution in [2.45, 2.75) is 52.9 Å². The molecule has 3 aliphatic carbocycles. The largest absolute Gasteiger partial charge is 0.302 e. The van der Waals surface area contributed by atoms with Crippen LogP contribution in [-0.4, -0.2) is 5.78 Å². The molecule has 1 aliphatic heterocycles. The number of nitrogens with one attached hydrogen (secondary N) is 3. The van der Waals surface area contributed by atoms with Crippen LogP contribution in [0.1, 0.15) is 64.0 Å². The third-order valence-corrected chi connectivity index (χ3v) is 6.32. The molecule has 1 saturated carbocycles. The molecule has 5 rings (SSSR count). The van der Waals surface area contributed by atoms with Gasteiger partial charge in [0.05, 0.1) is 11.4 Å². The average molecular weight is 311 g/mol. The van der Waals surface area contributed by atoms with Gasteiger partial charge in [0.2, 0.25) is 0 Å². The Labute approximate surface area is 137 Å². The van der Waals surface area contributed by atoms with Crippen LogP contribution < -0.4 is 16.4 Å². The van der Waals surface area contributed by atoms with Gasteiger partial charge in [-0.15, -0.1) is 5.53 Å². The third-order valence-electron chi connectivity index (χ3n) is 6.32. The Hall–Kier alpha value is -1.81. The number of ketones is 1. The van der Waals surface area contributed by atoms with Crippen LogP contribution in [-0.2, 0) is 4.79 Å². The van der Waals surface area contributed by atoms with Gasteiger partial charge in [-0.05, 0) is 60.4 Å². The molecule has 3 atom stereocenters. The van der Waals surface area contributed by atoms with Crippen LogP contribution in [0.5, 0.6) is 0 Å². The number of hydrogen-bond acceptors (Lipinski definition) is 4. The molecule has 0 saturated heterocycles. The van der Waals surface area contributed by atoms with Crippen LogP contribution in [0.25, 0.3) is 5.57 Å². The van der Waals surface area contributed by atoms with Crippen molar-refractivity contribution in [2.75, 3.05) is 10.9 Å². The minimum atomic E-state index is 0.199. The van der Waals surface area contributed by atoms with Crippen LogP contribution in [0.4, 0.5) is 11.4 Å². The molecule has 0 aromatic heterocycles. The molecule has 1 spiro atoms. The minimum Gasteiger partial charge on any atom is -0.302 e. The zero-order valence-corrected chi connectivity index (χ0v) is 14.3. The summed E-state index contributed by atoms with van der Waals surface area (Å²) in [6.07, 6.45) is 3.26. The second-order valence-corrected chi connectivity index (χ2v) is 7.01. The number of Topliss-reactive ketones (excluding diaryl/α,β-unsaturated/α-hetero) is 1. The second kappa shape index (κ2) is 4.84. The van der Waals surface area contributed by atoms with E-state index in [-0.39, 0.29) is 11.3 Å². The predicted octanol–water partition coefficient (Wildman–Crippen LogP) is 4.23. The van der Waals surface area contributed by atoms with Crippen LogP contribution in [0.3, 0.4) is 0 Å². The molecule has 4 heteroatoms. The molecule has 23 heavy (non-hydrogen) atoms. The van der Waals surface area contributed by atoms with Crippen molar-refractivity contribution in [3.63, 3.8) is 0 Å². The molecule has 3 unspecified atom stereocenters. The molecule has 1 aromatic carbocycles. The number of fused-ring (bicyclic) bond motifs is 5. The zero-order chi connectivity index (χ0) is 16.4. The lowest BCUT2D eigenvalue weighted by Gasteiger charge is -2.35. The fourth-order valence-electron chi connectivity index (χ4n) is 5.37. The maximum absolute atomic E-state index is 12.6.